The zero-order chi connectivity index (χ0) is 15.2. The van der Waals surface area contributed by atoms with Crippen molar-refractivity contribution in [3.8, 4) is 0 Å². The summed E-state index contributed by atoms with van der Waals surface area (Å²) >= 11 is 3.30. The fourth-order valence-corrected chi connectivity index (χ4v) is 1.71. The van der Waals surface area contributed by atoms with Crippen LogP contribution >= 0.6 is 15.9 Å². The largest absolute Gasteiger partial charge is 0.451 e. The number of halogens is 1. The summed E-state index contributed by atoms with van der Waals surface area (Å²) in [4.78, 5) is 23.5. The quantitative estimate of drug-likeness (QED) is 0.805. The minimum Gasteiger partial charge on any atom is -0.451 e. The molecule has 8 nitrogen and oxygen atoms in total. The molecule has 21 heavy (non-hydrogen) atoms. The van der Waals surface area contributed by atoms with Gasteiger partial charge in [-0.25, -0.2) is 4.68 Å². The number of rotatable bonds is 5. The fourth-order valence-electron chi connectivity index (χ4n) is 1.45. The van der Waals surface area contributed by atoms with E-state index in [0.717, 1.165) is 4.47 Å². The number of nitrogens with one attached hydrogen (secondary N) is 1. The van der Waals surface area contributed by atoms with E-state index in [1.165, 1.54) is 17.9 Å². The van der Waals surface area contributed by atoms with Crippen LogP contribution in [0.4, 0.5) is 5.69 Å². The molecule has 110 valence electrons. The molecule has 0 saturated heterocycles. The number of benzene rings is 1. The van der Waals surface area contributed by atoms with Crippen molar-refractivity contribution < 1.29 is 14.3 Å². The average Bonchev–Trinajstić information content (AvgIpc) is 2.94. The third-order valence-electron chi connectivity index (χ3n) is 2.47. The van der Waals surface area contributed by atoms with Crippen molar-refractivity contribution in [1.82, 2.24) is 20.2 Å². The fraction of sp³-hybridized carbons (Fsp3) is 0.250. The maximum atomic E-state index is 11.9. The van der Waals surface area contributed by atoms with E-state index in [0.29, 0.717) is 5.69 Å². The van der Waals surface area contributed by atoms with E-state index < -0.39 is 18.0 Å². The highest BCUT2D eigenvalue weighted by Crippen LogP contribution is 2.14. The zero-order valence-corrected chi connectivity index (χ0v) is 12.6. The molecular formula is C12H12BrN5O3. The van der Waals surface area contributed by atoms with Gasteiger partial charge in [0.05, 0.1) is 0 Å². The molecule has 1 aromatic carbocycles. The standard InChI is InChI=1S/C12H12BrN5O3/c1-8(21-11(19)6-18-7-14-16-17-18)12(20)15-10-4-2-9(13)3-5-10/h2-5,7-8H,6H2,1H3,(H,15,20)/t8-/m0/s1. The Balaban J connectivity index is 1.84. The summed E-state index contributed by atoms with van der Waals surface area (Å²) < 4.78 is 7.12. The van der Waals surface area contributed by atoms with Gasteiger partial charge in [-0.2, -0.15) is 0 Å². The summed E-state index contributed by atoms with van der Waals surface area (Å²) in [5.41, 5.74) is 0.617. The van der Waals surface area contributed by atoms with Crippen LogP contribution < -0.4 is 5.32 Å². The number of esters is 1. The lowest BCUT2D eigenvalue weighted by atomic mass is 10.3. The molecule has 0 radical (unpaired) electrons. The van der Waals surface area contributed by atoms with Gasteiger partial charge in [0.25, 0.3) is 5.91 Å². The number of hydrogen-bond donors (Lipinski definition) is 1. The number of ether oxygens (including phenoxy) is 1. The van der Waals surface area contributed by atoms with Crippen LogP contribution in [0.1, 0.15) is 6.92 Å². The number of anilines is 1. The van der Waals surface area contributed by atoms with Crippen LogP contribution in [-0.2, 0) is 20.9 Å². The minimum atomic E-state index is -0.919. The first-order valence-corrected chi connectivity index (χ1v) is 6.80. The van der Waals surface area contributed by atoms with E-state index in [4.69, 9.17) is 4.74 Å². The lowest BCUT2D eigenvalue weighted by Gasteiger charge is -2.13. The molecule has 0 fully saturated rings. The molecule has 0 aliphatic carbocycles. The number of hydrogen-bond acceptors (Lipinski definition) is 6. The number of carbonyl (C=O) groups excluding carboxylic acids is 2. The molecule has 0 aliphatic rings. The van der Waals surface area contributed by atoms with Gasteiger partial charge in [0.2, 0.25) is 0 Å². The Hall–Kier alpha value is -2.29. The highest BCUT2D eigenvalue weighted by Gasteiger charge is 2.18. The SMILES string of the molecule is C[C@H](OC(=O)Cn1cnnn1)C(=O)Nc1ccc(Br)cc1. The van der Waals surface area contributed by atoms with E-state index in [-0.39, 0.29) is 6.54 Å². The Bertz CT molecular complexity index is 614. The highest BCUT2D eigenvalue weighted by molar-refractivity contribution is 9.10. The third-order valence-corrected chi connectivity index (χ3v) is 3.00. The summed E-state index contributed by atoms with van der Waals surface area (Å²) in [5.74, 6) is -1.01. The van der Waals surface area contributed by atoms with Crippen molar-refractivity contribution in [3.63, 3.8) is 0 Å². The van der Waals surface area contributed by atoms with Crippen molar-refractivity contribution in [2.45, 2.75) is 19.6 Å². The monoisotopic (exact) mass is 353 g/mol. The second-order valence-electron chi connectivity index (χ2n) is 4.14. The number of nitrogens with zero attached hydrogens (tertiary/aromatic N) is 4. The van der Waals surface area contributed by atoms with Crippen molar-refractivity contribution in [3.05, 3.63) is 35.1 Å². The Kier molecular flexibility index (Phi) is 4.99. The van der Waals surface area contributed by atoms with Gasteiger partial charge in [0, 0.05) is 10.2 Å². The molecule has 1 aromatic heterocycles. The van der Waals surface area contributed by atoms with Crippen LogP contribution in [0.2, 0.25) is 0 Å². The molecule has 0 spiro atoms. The first-order valence-electron chi connectivity index (χ1n) is 6.01. The second-order valence-corrected chi connectivity index (χ2v) is 5.05. The van der Waals surface area contributed by atoms with Gasteiger partial charge in [-0.15, -0.1) is 5.10 Å². The van der Waals surface area contributed by atoms with Crippen molar-refractivity contribution in [2.75, 3.05) is 5.32 Å². The van der Waals surface area contributed by atoms with Gasteiger partial charge in [0.1, 0.15) is 12.9 Å². The van der Waals surface area contributed by atoms with Gasteiger partial charge >= 0.3 is 5.97 Å². The Labute approximate surface area is 128 Å². The van der Waals surface area contributed by atoms with Crippen LogP contribution in [0.5, 0.6) is 0 Å². The molecule has 2 aromatic rings. The van der Waals surface area contributed by atoms with E-state index in [1.54, 1.807) is 24.3 Å². The van der Waals surface area contributed by atoms with Gasteiger partial charge in [-0.05, 0) is 41.6 Å². The maximum absolute atomic E-state index is 11.9. The molecule has 0 aliphatic heterocycles. The van der Waals surface area contributed by atoms with E-state index in [2.05, 4.69) is 36.8 Å². The Morgan fingerprint density at radius 2 is 2.10 bits per heavy atom. The van der Waals surface area contributed by atoms with Crippen LogP contribution in [0, 0.1) is 0 Å². The summed E-state index contributed by atoms with van der Waals surface area (Å²) in [6.07, 6.45) is 0.367. The lowest BCUT2D eigenvalue weighted by Crippen LogP contribution is -2.31. The average molecular weight is 354 g/mol. The molecule has 2 rings (SSSR count). The van der Waals surface area contributed by atoms with Crippen LogP contribution in [0.15, 0.2) is 35.1 Å². The predicted octanol–water partition coefficient (Wildman–Crippen LogP) is 1.01. The lowest BCUT2D eigenvalue weighted by molar-refractivity contribution is -0.153. The second kappa shape index (κ2) is 6.93. The maximum Gasteiger partial charge on any atom is 0.328 e. The number of carbonyl (C=O) groups is 2. The number of amides is 1. The molecule has 1 heterocycles. The normalized spacial score (nSPS) is 11.7. The first-order chi connectivity index (χ1) is 10.0. The molecule has 1 atom stereocenters. The summed E-state index contributed by atoms with van der Waals surface area (Å²) in [6, 6.07) is 7.06. The van der Waals surface area contributed by atoms with Gasteiger partial charge in [0.15, 0.2) is 6.10 Å². The van der Waals surface area contributed by atoms with Crippen LogP contribution in [-0.4, -0.2) is 38.2 Å². The Morgan fingerprint density at radius 1 is 1.38 bits per heavy atom. The molecule has 1 amide bonds. The van der Waals surface area contributed by atoms with Crippen LogP contribution in [0.3, 0.4) is 0 Å². The van der Waals surface area contributed by atoms with Crippen molar-refractivity contribution in [1.29, 1.82) is 0 Å². The zero-order valence-electron chi connectivity index (χ0n) is 11.1. The summed E-state index contributed by atoms with van der Waals surface area (Å²) in [6.45, 7) is 1.34. The van der Waals surface area contributed by atoms with Gasteiger partial charge in [-0.1, -0.05) is 15.9 Å². The smallest absolute Gasteiger partial charge is 0.328 e. The molecule has 0 unspecified atom stereocenters. The molecular weight excluding hydrogens is 342 g/mol. The molecule has 9 heteroatoms. The minimum absolute atomic E-state index is 0.150. The van der Waals surface area contributed by atoms with E-state index >= 15 is 0 Å². The highest BCUT2D eigenvalue weighted by atomic mass is 79.9. The van der Waals surface area contributed by atoms with E-state index in [9.17, 15) is 9.59 Å². The van der Waals surface area contributed by atoms with Crippen LogP contribution in [0.25, 0.3) is 0 Å². The molecule has 1 N–H and O–H groups in total. The first kappa shape index (κ1) is 15.1. The van der Waals surface area contributed by atoms with Gasteiger partial charge < -0.3 is 10.1 Å². The van der Waals surface area contributed by atoms with Gasteiger partial charge in [-0.3, -0.25) is 9.59 Å². The topological polar surface area (TPSA) is 99.0 Å². The predicted molar refractivity (Wildman–Crippen MR) is 76.1 cm³/mol. The third kappa shape index (κ3) is 4.63. The Morgan fingerprint density at radius 3 is 2.71 bits per heavy atom. The molecule has 0 bridgehead atoms. The van der Waals surface area contributed by atoms with Crippen molar-refractivity contribution >= 4 is 33.5 Å². The number of tetrazole rings is 1. The van der Waals surface area contributed by atoms with Crippen molar-refractivity contribution in [2.24, 2.45) is 0 Å². The summed E-state index contributed by atoms with van der Waals surface area (Å²) in [7, 11) is 0. The summed E-state index contributed by atoms with van der Waals surface area (Å²) in [5, 5.41) is 13.0. The number of aromatic nitrogens is 4. The van der Waals surface area contributed by atoms with E-state index in [1.807, 2.05) is 0 Å². The molecule has 0 saturated carbocycles.